The van der Waals surface area contributed by atoms with Gasteiger partial charge in [0.05, 0.1) is 22.8 Å². The number of para-hydroxylation sites is 2. The summed E-state index contributed by atoms with van der Waals surface area (Å²) in [7, 11) is 0. The summed E-state index contributed by atoms with van der Waals surface area (Å²) in [6.07, 6.45) is 7.50. The Morgan fingerprint density at radius 2 is 1.07 bits per heavy atom. The predicted molar refractivity (Wildman–Crippen MR) is 247 cm³/mol. The van der Waals surface area contributed by atoms with E-state index < -0.39 is 5.41 Å². The predicted octanol–water partition coefficient (Wildman–Crippen LogP) is 14.0. The Morgan fingerprint density at radius 3 is 1.82 bits per heavy atom. The van der Waals surface area contributed by atoms with Crippen LogP contribution in [0.5, 0.6) is 0 Å². The Balaban J connectivity index is 0.987. The van der Waals surface area contributed by atoms with Gasteiger partial charge in [0.2, 0.25) is 0 Å². The number of benzene rings is 8. The van der Waals surface area contributed by atoms with Gasteiger partial charge in [-0.1, -0.05) is 182 Å². The molecule has 60 heavy (non-hydrogen) atoms. The van der Waals surface area contributed by atoms with E-state index >= 15 is 0 Å². The van der Waals surface area contributed by atoms with Gasteiger partial charge in [0, 0.05) is 39.4 Å². The van der Waals surface area contributed by atoms with Crippen LogP contribution in [-0.2, 0) is 5.41 Å². The first-order valence-electron chi connectivity index (χ1n) is 20.9. The second-order valence-corrected chi connectivity index (χ2v) is 16.4. The number of aromatic nitrogens is 3. The van der Waals surface area contributed by atoms with Gasteiger partial charge in [0.25, 0.3) is 0 Å². The lowest BCUT2D eigenvalue weighted by molar-refractivity contribution is 0.654. The van der Waals surface area contributed by atoms with Crippen molar-refractivity contribution in [2.45, 2.75) is 17.9 Å². The molecular formula is C57H37N3. The number of nitrogens with zero attached hydrogens (tertiary/aromatic N) is 3. The average molecular weight is 764 g/mol. The number of hydrogen-bond donors (Lipinski definition) is 0. The van der Waals surface area contributed by atoms with Crippen molar-refractivity contribution in [3.8, 4) is 44.8 Å². The number of fused-ring (bicyclic) bond motifs is 15. The van der Waals surface area contributed by atoms with Gasteiger partial charge >= 0.3 is 0 Å². The standard InChI is InChI=1S/C57H37N3/c1-2-16-37(17-3-1)51-35-52(59-56(58-51)39-18-14-19-40(33-39)60-53-27-12-8-23-44(53)45-24-9-13-28-54(45)60)38-30-32-50-47(34-38)43-22-7-11-26-49(43)57(50)48-25-10-6-21-42(48)46-31-29-36-15-4-5-20-41(36)55(46)57/h1-32,34-35,40H,33H2. The lowest BCUT2D eigenvalue weighted by atomic mass is 9.69. The average Bonchev–Trinajstić information content (AvgIpc) is 3.93. The van der Waals surface area contributed by atoms with Crippen molar-refractivity contribution in [2.24, 2.45) is 0 Å². The molecule has 0 N–H and O–H groups in total. The van der Waals surface area contributed by atoms with E-state index in [0.29, 0.717) is 0 Å². The highest BCUT2D eigenvalue weighted by molar-refractivity contribution is 6.08. The SMILES string of the molecule is C1=CC(n2c3ccccc3c3ccccc32)CC(c2nc(-c3ccccc3)cc(-c3ccc4c(c3)-c3ccccc3C43c4ccccc4-c4ccc5ccccc5c43)n2)=C1. The van der Waals surface area contributed by atoms with Crippen LogP contribution >= 0.6 is 0 Å². The normalized spacial score (nSPS) is 17.2. The van der Waals surface area contributed by atoms with Crippen molar-refractivity contribution < 1.29 is 0 Å². The molecule has 3 aliphatic rings. The van der Waals surface area contributed by atoms with Gasteiger partial charge in [0.15, 0.2) is 5.82 Å². The number of allylic oxidation sites excluding steroid dienone is 4. The molecule has 3 aliphatic carbocycles. The first kappa shape index (κ1) is 33.4. The van der Waals surface area contributed by atoms with Crippen LogP contribution in [0.1, 0.15) is 40.5 Å². The molecule has 0 saturated carbocycles. The second kappa shape index (κ2) is 12.7. The number of hydrogen-bond acceptors (Lipinski definition) is 2. The molecule has 0 fully saturated rings. The summed E-state index contributed by atoms with van der Waals surface area (Å²) in [5, 5.41) is 5.12. The molecule has 0 aliphatic heterocycles. The van der Waals surface area contributed by atoms with Crippen LogP contribution in [0.4, 0.5) is 0 Å². The molecule has 3 nitrogen and oxygen atoms in total. The summed E-state index contributed by atoms with van der Waals surface area (Å²) < 4.78 is 2.49. The van der Waals surface area contributed by atoms with E-state index in [1.807, 2.05) is 0 Å². The Hall–Kier alpha value is -7.62. The molecule has 2 unspecified atom stereocenters. The molecule has 0 amide bonds. The van der Waals surface area contributed by atoms with Crippen LogP contribution in [0, 0.1) is 0 Å². The van der Waals surface area contributed by atoms with E-state index in [-0.39, 0.29) is 6.04 Å². The van der Waals surface area contributed by atoms with Crippen LogP contribution in [0.25, 0.3) is 82.9 Å². The van der Waals surface area contributed by atoms with Crippen molar-refractivity contribution >= 4 is 38.2 Å². The number of rotatable bonds is 4. The zero-order valence-corrected chi connectivity index (χ0v) is 32.8. The third-order valence-corrected chi connectivity index (χ3v) is 13.4. The molecule has 0 bridgehead atoms. The van der Waals surface area contributed by atoms with Gasteiger partial charge in [-0.3, -0.25) is 0 Å². The molecule has 2 aromatic heterocycles. The third-order valence-electron chi connectivity index (χ3n) is 13.4. The Kier molecular flexibility index (Phi) is 7.06. The van der Waals surface area contributed by atoms with E-state index in [1.54, 1.807) is 0 Å². The minimum atomic E-state index is -0.440. The highest BCUT2D eigenvalue weighted by Gasteiger charge is 2.52. The third kappa shape index (κ3) is 4.60. The van der Waals surface area contributed by atoms with Crippen LogP contribution in [0.2, 0.25) is 0 Å². The summed E-state index contributed by atoms with van der Waals surface area (Å²) in [4.78, 5) is 10.8. The Bertz CT molecular complexity index is 3420. The topological polar surface area (TPSA) is 30.7 Å². The molecule has 13 rings (SSSR count). The van der Waals surface area contributed by atoms with Gasteiger partial charge in [0.1, 0.15) is 0 Å². The smallest absolute Gasteiger partial charge is 0.156 e. The summed E-state index contributed by atoms with van der Waals surface area (Å²) in [6, 6.07) is 69.1. The quantitative estimate of drug-likeness (QED) is 0.179. The summed E-state index contributed by atoms with van der Waals surface area (Å²) >= 11 is 0. The monoisotopic (exact) mass is 763 g/mol. The van der Waals surface area contributed by atoms with Crippen LogP contribution < -0.4 is 0 Å². The summed E-state index contributed by atoms with van der Waals surface area (Å²) in [6.45, 7) is 0. The maximum atomic E-state index is 5.45. The van der Waals surface area contributed by atoms with Crippen molar-refractivity contribution in [3.05, 3.63) is 234 Å². The molecule has 0 radical (unpaired) electrons. The molecular weight excluding hydrogens is 727 g/mol. The highest BCUT2D eigenvalue weighted by atomic mass is 15.0. The van der Waals surface area contributed by atoms with Gasteiger partial charge in [-0.15, -0.1) is 0 Å². The highest BCUT2D eigenvalue weighted by Crippen LogP contribution is 2.64. The van der Waals surface area contributed by atoms with Gasteiger partial charge in [-0.05, 0) is 85.1 Å². The maximum Gasteiger partial charge on any atom is 0.156 e. The zero-order chi connectivity index (χ0) is 39.4. The van der Waals surface area contributed by atoms with Crippen LogP contribution in [-0.4, -0.2) is 14.5 Å². The van der Waals surface area contributed by atoms with Crippen LogP contribution in [0.15, 0.2) is 206 Å². The van der Waals surface area contributed by atoms with Crippen molar-refractivity contribution in [2.75, 3.05) is 0 Å². The van der Waals surface area contributed by atoms with E-state index in [0.717, 1.165) is 40.3 Å². The van der Waals surface area contributed by atoms with E-state index in [1.165, 1.54) is 77.1 Å². The minimum absolute atomic E-state index is 0.114. The lowest BCUT2D eigenvalue weighted by Crippen LogP contribution is -2.26. The molecule has 1 spiro atoms. The maximum absolute atomic E-state index is 5.45. The molecule has 3 heteroatoms. The van der Waals surface area contributed by atoms with E-state index in [9.17, 15) is 0 Å². The van der Waals surface area contributed by atoms with Gasteiger partial charge in [-0.25, -0.2) is 9.97 Å². The lowest BCUT2D eigenvalue weighted by Gasteiger charge is -2.31. The molecule has 2 atom stereocenters. The second-order valence-electron chi connectivity index (χ2n) is 16.4. The first-order valence-corrected chi connectivity index (χ1v) is 20.9. The van der Waals surface area contributed by atoms with Gasteiger partial charge < -0.3 is 4.57 Å². The van der Waals surface area contributed by atoms with Crippen molar-refractivity contribution in [1.29, 1.82) is 0 Å². The fourth-order valence-electron chi connectivity index (χ4n) is 10.9. The zero-order valence-electron chi connectivity index (χ0n) is 32.8. The van der Waals surface area contributed by atoms with Crippen molar-refractivity contribution in [3.63, 3.8) is 0 Å². The molecule has 0 saturated heterocycles. The first-order chi connectivity index (χ1) is 29.8. The minimum Gasteiger partial charge on any atom is -0.333 e. The van der Waals surface area contributed by atoms with E-state index in [4.69, 9.17) is 9.97 Å². The largest absolute Gasteiger partial charge is 0.333 e. The van der Waals surface area contributed by atoms with E-state index in [2.05, 4.69) is 211 Å². The molecule has 8 aromatic carbocycles. The molecule has 280 valence electrons. The Morgan fingerprint density at radius 1 is 0.467 bits per heavy atom. The van der Waals surface area contributed by atoms with Crippen molar-refractivity contribution in [1.82, 2.24) is 14.5 Å². The summed E-state index contributed by atoms with van der Waals surface area (Å²) in [5.41, 5.74) is 17.7. The fourth-order valence-corrected chi connectivity index (χ4v) is 10.9. The molecule has 10 aromatic rings. The van der Waals surface area contributed by atoms with Gasteiger partial charge in [-0.2, -0.15) is 0 Å². The Labute approximate surface area is 348 Å². The fraction of sp³-hybridized carbons (Fsp3) is 0.0526. The molecule has 2 heterocycles. The summed E-state index contributed by atoms with van der Waals surface area (Å²) in [5.74, 6) is 0.768. The van der Waals surface area contributed by atoms with Crippen LogP contribution in [0.3, 0.4) is 0 Å².